The lowest BCUT2D eigenvalue weighted by atomic mass is 9.82. The molecule has 0 fully saturated rings. The van der Waals surface area contributed by atoms with E-state index in [2.05, 4.69) is 0 Å². The molecule has 92 valence electrons. The van der Waals surface area contributed by atoms with E-state index in [0.29, 0.717) is 0 Å². The molecule has 16 heavy (non-hydrogen) atoms. The van der Waals surface area contributed by atoms with Crippen molar-refractivity contribution >= 4 is 12.4 Å². The van der Waals surface area contributed by atoms with Crippen LogP contribution >= 0.6 is 12.4 Å². The third-order valence-electron chi connectivity index (χ3n) is 2.37. The Hall–Kier alpha value is -1.13. The first-order chi connectivity index (χ1) is 6.73. The molecular formula is C11H18ClNO3. The van der Waals surface area contributed by atoms with Crippen LogP contribution in [0.25, 0.3) is 0 Å². The highest BCUT2D eigenvalue weighted by atomic mass is 35.5. The fraction of sp³-hybridized carbons (Fsp3) is 0.455. The van der Waals surface area contributed by atoms with Crippen LogP contribution in [0.1, 0.15) is 32.4 Å². The summed E-state index contributed by atoms with van der Waals surface area (Å²) in [5.74, 6) is -0.556. The predicted molar refractivity (Wildman–Crippen MR) is 65.1 cm³/mol. The maximum absolute atomic E-state index is 9.61. The van der Waals surface area contributed by atoms with Crippen molar-refractivity contribution in [1.82, 2.24) is 0 Å². The highest BCUT2D eigenvalue weighted by Gasteiger charge is 2.27. The molecule has 5 N–H and O–H groups in total. The number of benzene rings is 1. The van der Waals surface area contributed by atoms with Crippen LogP contribution in [-0.4, -0.2) is 15.3 Å². The second-order valence-electron chi connectivity index (χ2n) is 4.74. The molecule has 0 heterocycles. The van der Waals surface area contributed by atoms with Crippen LogP contribution in [0.15, 0.2) is 12.1 Å². The van der Waals surface area contributed by atoms with Gasteiger partial charge in [-0.1, -0.05) is 20.8 Å². The molecule has 0 aromatic heterocycles. The van der Waals surface area contributed by atoms with Crippen molar-refractivity contribution in [3.63, 3.8) is 0 Å². The van der Waals surface area contributed by atoms with Gasteiger partial charge in [0.05, 0.1) is 5.56 Å². The molecule has 0 amide bonds. The van der Waals surface area contributed by atoms with Crippen LogP contribution < -0.4 is 5.73 Å². The Morgan fingerprint density at radius 1 is 1.06 bits per heavy atom. The van der Waals surface area contributed by atoms with E-state index in [1.807, 2.05) is 20.8 Å². The van der Waals surface area contributed by atoms with E-state index in [1.54, 1.807) is 0 Å². The molecule has 0 radical (unpaired) electrons. The molecule has 0 aliphatic rings. The van der Waals surface area contributed by atoms with E-state index < -0.39 is 6.04 Å². The molecule has 0 saturated heterocycles. The number of hydrogen-bond acceptors (Lipinski definition) is 4. The van der Waals surface area contributed by atoms with Crippen LogP contribution in [0.2, 0.25) is 0 Å². The van der Waals surface area contributed by atoms with Gasteiger partial charge in [-0.2, -0.15) is 0 Å². The van der Waals surface area contributed by atoms with Crippen molar-refractivity contribution in [1.29, 1.82) is 0 Å². The highest BCUT2D eigenvalue weighted by Crippen LogP contribution is 2.42. The maximum Gasteiger partial charge on any atom is 0.127 e. The largest absolute Gasteiger partial charge is 0.508 e. The number of phenolic OH excluding ortho intramolecular Hbond substituents is 3. The molecular weight excluding hydrogens is 230 g/mol. The minimum absolute atomic E-state index is 0. The van der Waals surface area contributed by atoms with Gasteiger partial charge in [0.2, 0.25) is 0 Å². The van der Waals surface area contributed by atoms with Gasteiger partial charge >= 0.3 is 0 Å². The lowest BCUT2D eigenvalue weighted by Crippen LogP contribution is -2.26. The minimum atomic E-state index is -0.502. The number of nitrogens with two attached hydrogens (primary N) is 1. The van der Waals surface area contributed by atoms with Crippen LogP contribution in [0, 0.1) is 5.41 Å². The topological polar surface area (TPSA) is 86.7 Å². The first kappa shape index (κ1) is 14.9. The minimum Gasteiger partial charge on any atom is -0.508 e. The number of phenols is 3. The first-order valence-electron chi connectivity index (χ1n) is 4.74. The molecule has 0 bridgehead atoms. The van der Waals surface area contributed by atoms with Crippen molar-refractivity contribution in [3.05, 3.63) is 17.7 Å². The smallest absolute Gasteiger partial charge is 0.127 e. The quantitative estimate of drug-likeness (QED) is 0.613. The number of halogens is 1. The maximum atomic E-state index is 9.61. The third kappa shape index (κ3) is 2.93. The highest BCUT2D eigenvalue weighted by molar-refractivity contribution is 5.85. The van der Waals surface area contributed by atoms with Crippen LogP contribution in [0.4, 0.5) is 0 Å². The molecule has 0 saturated carbocycles. The lowest BCUT2D eigenvalue weighted by Gasteiger charge is -2.28. The van der Waals surface area contributed by atoms with E-state index in [9.17, 15) is 10.2 Å². The predicted octanol–water partition coefficient (Wildman–Crippen LogP) is 2.27. The second-order valence-corrected chi connectivity index (χ2v) is 4.74. The summed E-state index contributed by atoms with van der Waals surface area (Å²) >= 11 is 0. The van der Waals surface area contributed by atoms with Gasteiger partial charge in [0.25, 0.3) is 0 Å². The van der Waals surface area contributed by atoms with E-state index in [-0.39, 0.29) is 40.6 Å². The number of aromatic hydroxyl groups is 3. The van der Waals surface area contributed by atoms with Gasteiger partial charge in [-0.15, -0.1) is 12.4 Å². The van der Waals surface area contributed by atoms with Crippen molar-refractivity contribution in [2.45, 2.75) is 26.8 Å². The van der Waals surface area contributed by atoms with E-state index in [1.165, 1.54) is 12.1 Å². The Kier molecular flexibility index (Phi) is 4.46. The molecule has 0 aliphatic heterocycles. The summed E-state index contributed by atoms with van der Waals surface area (Å²) in [7, 11) is 0. The Labute approximate surface area is 101 Å². The van der Waals surface area contributed by atoms with E-state index in [4.69, 9.17) is 10.8 Å². The summed E-state index contributed by atoms with van der Waals surface area (Å²) in [6.45, 7) is 5.72. The van der Waals surface area contributed by atoms with Crippen molar-refractivity contribution in [2.24, 2.45) is 11.1 Å². The van der Waals surface area contributed by atoms with Crippen molar-refractivity contribution in [3.8, 4) is 17.2 Å². The fourth-order valence-electron chi connectivity index (χ4n) is 1.36. The van der Waals surface area contributed by atoms with Gasteiger partial charge in [-0.05, 0) is 5.41 Å². The molecule has 0 aliphatic carbocycles. The summed E-state index contributed by atoms with van der Waals surface area (Å²) in [6, 6.07) is 1.83. The first-order valence-corrected chi connectivity index (χ1v) is 4.74. The molecule has 1 aromatic rings. The molecule has 1 rings (SSSR count). The van der Waals surface area contributed by atoms with E-state index in [0.717, 1.165) is 0 Å². The molecule has 1 aromatic carbocycles. The standard InChI is InChI=1S/C11H17NO3.ClH/c1-11(2,3)10(12)9-7(14)4-6(13)5-8(9)15;/h4-5,10,13-15H,12H2,1-3H3;1H/t10-;/m1./s1. The Morgan fingerprint density at radius 2 is 1.44 bits per heavy atom. The molecule has 5 heteroatoms. The number of rotatable bonds is 1. The van der Waals surface area contributed by atoms with Gasteiger partial charge in [0.1, 0.15) is 17.2 Å². The van der Waals surface area contributed by atoms with Crippen LogP contribution in [0.3, 0.4) is 0 Å². The lowest BCUT2D eigenvalue weighted by molar-refractivity contribution is 0.306. The van der Waals surface area contributed by atoms with Gasteiger partial charge in [-0.25, -0.2) is 0 Å². The Balaban J connectivity index is 0.00000225. The molecule has 1 atom stereocenters. The van der Waals surface area contributed by atoms with Crippen molar-refractivity contribution < 1.29 is 15.3 Å². The summed E-state index contributed by atoms with van der Waals surface area (Å²) in [5.41, 5.74) is 5.90. The Morgan fingerprint density at radius 3 is 1.75 bits per heavy atom. The zero-order chi connectivity index (χ0) is 11.8. The second kappa shape index (κ2) is 4.80. The SMILES string of the molecule is CC(C)(C)[C@H](N)c1c(O)cc(O)cc1O.Cl. The van der Waals surface area contributed by atoms with Gasteiger partial charge in [-0.3, -0.25) is 0 Å². The third-order valence-corrected chi connectivity index (χ3v) is 2.37. The monoisotopic (exact) mass is 247 g/mol. The van der Waals surface area contributed by atoms with E-state index >= 15 is 0 Å². The molecule has 0 spiro atoms. The van der Waals surface area contributed by atoms with Gasteiger partial charge in [0.15, 0.2) is 0 Å². The van der Waals surface area contributed by atoms with Crippen LogP contribution in [0.5, 0.6) is 17.2 Å². The normalized spacial score (nSPS) is 13.0. The summed E-state index contributed by atoms with van der Waals surface area (Å²) in [6.07, 6.45) is 0. The molecule has 0 unspecified atom stereocenters. The van der Waals surface area contributed by atoms with Gasteiger partial charge < -0.3 is 21.1 Å². The van der Waals surface area contributed by atoms with Crippen molar-refractivity contribution in [2.75, 3.05) is 0 Å². The zero-order valence-electron chi connectivity index (χ0n) is 9.56. The summed E-state index contributed by atoms with van der Waals surface area (Å²) in [5, 5.41) is 28.4. The average molecular weight is 248 g/mol. The summed E-state index contributed by atoms with van der Waals surface area (Å²) in [4.78, 5) is 0. The number of hydrogen-bond donors (Lipinski definition) is 4. The van der Waals surface area contributed by atoms with Crippen LogP contribution in [-0.2, 0) is 0 Å². The fourth-order valence-corrected chi connectivity index (χ4v) is 1.36. The zero-order valence-corrected chi connectivity index (χ0v) is 10.4. The molecule has 4 nitrogen and oxygen atoms in total. The average Bonchev–Trinajstić information content (AvgIpc) is 1.99. The summed E-state index contributed by atoms with van der Waals surface area (Å²) < 4.78 is 0. The Bertz CT molecular complexity index is 351. The van der Waals surface area contributed by atoms with Gasteiger partial charge in [0, 0.05) is 18.2 Å².